The van der Waals surface area contributed by atoms with Crippen LogP contribution in [0.5, 0.6) is 0 Å². The fourth-order valence-corrected chi connectivity index (χ4v) is 3.30. The fourth-order valence-electron chi connectivity index (χ4n) is 1.81. The molecule has 0 spiro atoms. The van der Waals surface area contributed by atoms with Gasteiger partial charge in [-0.15, -0.1) is 0 Å². The van der Waals surface area contributed by atoms with E-state index in [-0.39, 0.29) is 0 Å². The molecule has 0 fully saturated rings. The van der Waals surface area contributed by atoms with Gasteiger partial charge in [-0.1, -0.05) is 43.5 Å². The third kappa shape index (κ3) is 4.80. The Morgan fingerprint density at radius 2 is 1.05 bits per heavy atom. The van der Waals surface area contributed by atoms with Crippen LogP contribution in [0.3, 0.4) is 0 Å². The van der Waals surface area contributed by atoms with Gasteiger partial charge in [0.2, 0.25) is 0 Å². The smallest absolute Gasteiger partial charge is 0.0465 e. The van der Waals surface area contributed by atoms with Gasteiger partial charge >= 0.3 is 0 Å². The average Bonchev–Trinajstić information content (AvgIpc) is 2.33. The number of rotatable bonds is 0. The first-order valence-corrected chi connectivity index (χ1v) is 8.13. The molecular weight excluding hydrogens is 401 g/mol. The van der Waals surface area contributed by atoms with Crippen molar-refractivity contribution in [1.29, 1.82) is 0 Å². The van der Waals surface area contributed by atoms with Gasteiger partial charge in [0.1, 0.15) is 0 Å². The van der Waals surface area contributed by atoms with E-state index in [1.165, 1.54) is 0 Å². The predicted molar refractivity (Wildman–Crippen MR) is 96.7 cm³/mol. The van der Waals surface area contributed by atoms with Crippen molar-refractivity contribution in [3.8, 4) is 0 Å². The van der Waals surface area contributed by atoms with E-state index < -0.39 is 0 Å². The van der Waals surface area contributed by atoms with Crippen LogP contribution in [0.15, 0.2) is 33.2 Å². The summed E-state index contributed by atoms with van der Waals surface area (Å²) in [5, 5.41) is 0.864. The number of nitrogens with two attached hydrogens (primary N) is 1. The number of hydrogen-bond donors (Lipinski definition) is 1. The van der Waals surface area contributed by atoms with Gasteiger partial charge in [-0.25, -0.2) is 0 Å². The standard InChI is InChI=1S/C8H8BrCl.C8H10BrN/c2*1-5-3-7(9)4-6(2)8(5)10/h3-4H,1-2H3;3-4H,10H2,1-2H3. The van der Waals surface area contributed by atoms with Crippen LogP contribution in [0.4, 0.5) is 5.69 Å². The molecule has 2 aromatic carbocycles. The summed E-state index contributed by atoms with van der Waals surface area (Å²) < 4.78 is 2.18. The Bertz CT molecular complexity index is 522. The van der Waals surface area contributed by atoms with Crippen LogP contribution in [0.2, 0.25) is 5.02 Å². The first-order chi connectivity index (χ1) is 9.22. The highest BCUT2D eigenvalue weighted by atomic mass is 79.9. The SMILES string of the molecule is Cc1cc(Br)cc(C)c1Cl.Cc1cc(Br)cc(C)c1N. The van der Waals surface area contributed by atoms with Crippen molar-refractivity contribution in [2.45, 2.75) is 27.7 Å². The summed E-state index contributed by atoms with van der Waals surface area (Å²) in [4.78, 5) is 0. The van der Waals surface area contributed by atoms with Gasteiger partial charge in [0.15, 0.2) is 0 Å². The van der Waals surface area contributed by atoms with Crippen LogP contribution in [0.25, 0.3) is 0 Å². The molecule has 0 unspecified atom stereocenters. The summed E-state index contributed by atoms with van der Waals surface area (Å²) >= 11 is 12.7. The maximum absolute atomic E-state index is 5.93. The van der Waals surface area contributed by atoms with Crippen molar-refractivity contribution in [2.75, 3.05) is 5.73 Å². The van der Waals surface area contributed by atoms with E-state index in [0.717, 1.165) is 41.9 Å². The van der Waals surface area contributed by atoms with E-state index >= 15 is 0 Å². The number of benzene rings is 2. The van der Waals surface area contributed by atoms with Crippen molar-refractivity contribution in [3.05, 3.63) is 60.5 Å². The molecule has 0 aromatic heterocycles. The highest BCUT2D eigenvalue weighted by molar-refractivity contribution is 9.10. The van der Waals surface area contributed by atoms with Crippen molar-refractivity contribution in [1.82, 2.24) is 0 Å². The average molecular weight is 420 g/mol. The molecular formula is C16H18Br2ClN. The van der Waals surface area contributed by atoms with Gasteiger partial charge in [0, 0.05) is 19.7 Å². The van der Waals surface area contributed by atoms with Crippen LogP contribution in [0.1, 0.15) is 22.3 Å². The first kappa shape index (κ1) is 17.5. The van der Waals surface area contributed by atoms with Gasteiger partial charge in [0.25, 0.3) is 0 Å². The minimum absolute atomic E-state index is 0.864. The Kier molecular flexibility index (Phi) is 6.56. The zero-order chi connectivity index (χ0) is 15.4. The van der Waals surface area contributed by atoms with Crippen molar-refractivity contribution >= 4 is 49.1 Å². The van der Waals surface area contributed by atoms with Crippen LogP contribution in [0, 0.1) is 27.7 Å². The quantitative estimate of drug-likeness (QED) is 0.494. The van der Waals surface area contributed by atoms with Gasteiger partial charge in [0.05, 0.1) is 0 Å². The molecule has 2 rings (SSSR count). The molecule has 4 heteroatoms. The Hall–Kier alpha value is -0.510. The molecule has 0 atom stereocenters. The molecule has 0 aliphatic rings. The molecule has 0 bridgehead atoms. The zero-order valence-corrected chi connectivity index (χ0v) is 15.9. The lowest BCUT2D eigenvalue weighted by molar-refractivity contribution is 1.37. The molecule has 20 heavy (non-hydrogen) atoms. The van der Waals surface area contributed by atoms with E-state index in [1.54, 1.807) is 0 Å². The van der Waals surface area contributed by atoms with E-state index in [9.17, 15) is 0 Å². The van der Waals surface area contributed by atoms with Crippen molar-refractivity contribution < 1.29 is 0 Å². The fraction of sp³-hybridized carbons (Fsp3) is 0.250. The second-order valence-corrected chi connectivity index (χ2v) is 7.02. The summed E-state index contributed by atoms with van der Waals surface area (Å²) in [7, 11) is 0. The van der Waals surface area contributed by atoms with E-state index in [2.05, 4.69) is 31.9 Å². The third-order valence-corrected chi connectivity index (χ3v) is 4.47. The second kappa shape index (κ2) is 7.48. The highest BCUT2D eigenvalue weighted by Crippen LogP contribution is 2.24. The zero-order valence-electron chi connectivity index (χ0n) is 12.0. The van der Waals surface area contributed by atoms with E-state index in [0.29, 0.717) is 0 Å². The maximum atomic E-state index is 5.93. The largest absolute Gasteiger partial charge is 0.398 e. The molecule has 0 saturated carbocycles. The molecule has 0 aliphatic carbocycles. The van der Waals surface area contributed by atoms with Crippen LogP contribution in [-0.4, -0.2) is 0 Å². The summed E-state index contributed by atoms with van der Waals surface area (Å²) in [6, 6.07) is 8.05. The molecule has 0 saturated heterocycles. The number of anilines is 1. The number of hydrogen-bond acceptors (Lipinski definition) is 1. The van der Waals surface area contributed by atoms with Gasteiger partial charge < -0.3 is 5.73 Å². The molecule has 0 amide bonds. The number of aryl methyl sites for hydroxylation is 4. The first-order valence-electron chi connectivity index (χ1n) is 6.17. The molecule has 1 nitrogen and oxygen atoms in total. The van der Waals surface area contributed by atoms with Crippen molar-refractivity contribution in [2.24, 2.45) is 0 Å². The molecule has 0 radical (unpaired) electrons. The Balaban J connectivity index is 0.000000200. The Morgan fingerprint density at radius 1 is 0.750 bits per heavy atom. The molecule has 108 valence electrons. The third-order valence-electron chi connectivity index (χ3n) is 2.96. The monoisotopic (exact) mass is 417 g/mol. The van der Waals surface area contributed by atoms with Crippen molar-refractivity contribution in [3.63, 3.8) is 0 Å². The Labute approximate surface area is 142 Å². The van der Waals surface area contributed by atoms with Crippen LogP contribution in [-0.2, 0) is 0 Å². The minimum atomic E-state index is 0.864. The van der Waals surface area contributed by atoms with E-state index in [1.807, 2.05) is 52.0 Å². The van der Waals surface area contributed by atoms with Gasteiger partial charge in [-0.3, -0.25) is 0 Å². The molecule has 0 heterocycles. The maximum Gasteiger partial charge on any atom is 0.0465 e. The normalized spacial score (nSPS) is 9.95. The van der Waals surface area contributed by atoms with Crippen LogP contribution < -0.4 is 5.73 Å². The van der Waals surface area contributed by atoms with E-state index in [4.69, 9.17) is 17.3 Å². The predicted octanol–water partition coefficient (Wildman–Crippen LogP) is 6.37. The number of nitrogen functional groups attached to an aromatic ring is 1. The minimum Gasteiger partial charge on any atom is -0.398 e. The lowest BCUT2D eigenvalue weighted by Gasteiger charge is -2.03. The Morgan fingerprint density at radius 3 is 1.40 bits per heavy atom. The molecule has 2 N–H and O–H groups in total. The summed E-state index contributed by atoms with van der Waals surface area (Å²) in [5.74, 6) is 0. The van der Waals surface area contributed by atoms with Crippen LogP contribution >= 0.6 is 43.5 Å². The number of halogens is 3. The molecule has 2 aromatic rings. The summed E-state index contributed by atoms with van der Waals surface area (Å²) in [6.07, 6.45) is 0. The topological polar surface area (TPSA) is 26.0 Å². The lowest BCUT2D eigenvalue weighted by atomic mass is 10.1. The highest BCUT2D eigenvalue weighted by Gasteiger charge is 1.99. The van der Waals surface area contributed by atoms with Gasteiger partial charge in [-0.2, -0.15) is 0 Å². The van der Waals surface area contributed by atoms with Gasteiger partial charge in [-0.05, 0) is 74.2 Å². The summed E-state index contributed by atoms with van der Waals surface area (Å²) in [5.41, 5.74) is 11.1. The second-order valence-electron chi connectivity index (χ2n) is 4.81. The summed E-state index contributed by atoms with van der Waals surface area (Å²) in [6.45, 7) is 8.01. The molecule has 0 aliphatic heterocycles. The lowest BCUT2D eigenvalue weighted by Crippen LogP contribution is -1.92.